The van der Waals surface area contributed by atoms with Gasteiger partial charge in [0, 0.05) is 25.8 Å². The molecular weight excluding hydrogens is 396 g/mol. The molecule has 0 fully saturated rings. The van der Waals surface area contributed by atoms with E-state index >= 15 is 0 Å². The fourth-order valence-corrected chi connectivity index (χ4v) is 3.74. The molecule has 0 aliphatic heterocycles. The van der Waals surface area contributed by atoms with Gasteiger partial charge >= 0.3 is 5.69 Å². The number of carbonyl (C=O) groups excluding carboxylic acids is 1. The van der Waals surface area contributed by atoms with Crippen LogP contribution in [0, 0.1) is 6.92 Å². The molecule has 0 aliphatic carbocycles. The van der Waals surface area contributed by atoms with Crippen LogP contribution in [0.4, 0.5) is 0 Å². The van der Waals surface area contributed by atoms with E-state index in [0.29, 0.717) is 13.1 Å². The Hall–Kier alpha value is -3.75. The zero-order valence-electron chi connectivity index (χ0n) is 17.5. The van der Waals surface area contributed by atoms with Gasteiger partial charge in [0.1, 0.15) is 11.5 Å². The molecule has 160 valence electrons. The Bertz CT molecular complexity index is 1380. The second kappa shape index (κ2) is 8.55. The van der Waals surface area contributed by atoms with Gasteiger partial charge in [0.25, 0.3) is 11.5 Å². The van der Waals surface area contributed by atoms with Gasteiger partial charge in [-0.3, -0.25) is 19.1 Å². The average Bonchev–Trinajstić information content (AvgIpc) is 3.08. The summed E-state index contributed by atoms with van der Waals surface area (Å²) in [6.45, 7) is 5.53. The first kappa shape index (κ1) is 20.5. The number of fused-ring (bicyclic) bond motifs is 2. The van der Waals surface area contributed by atoms with Gasteiger partial charge in [-0.2, -0.15) is 0 Å². The predicted octanol–water partition coefficient (Wildman–Crippen LogP) is 1.97. The Kier molecular flexibility index (Phi) is 5.66. The number of aromatic amines is 1. The minimum absolute atomic E-state index is 0.223. The van der Waals surface area contributed by atoms with E-state index in [1.165, 1.54) is 16.8 Å². The number of rotatable bonds is 7. The van der Waals surface area contributed by atoms with E-state index in [1.807, 2.05) is 38.1 Å². The summed E-state index contributed by atoms with van der Waals surface area (Å²) in [5.74, 6) is 0.623. The van der Waals surface area contributed by atoms with Crippen LogP contribution in [0.15, 0.2) is 46.1 Å². The summed E-state index contributed by atoms with van der Waals surface area (Å²) in [7, 11) is 0. The van der Waals surface area contributed by atoms with Crippen molar-refractivity contribution in [3.05, 3.63) is 68.8 Å². The van der Waals surface area contributed by atoms with Gasteiger partial charge in [-0.05, 0) is 38.0 Å². The lowest BCUT2D eigenvalue weighted by Crippen LogP contribution is -2.31. The zero-order chi connectivity index (χ0) is 22.0. The number of benzene rings is 1. The van der Waals surface area contributed by atoms with Gasteiger partial charge < -0.3 is 9.88 Å². The van der Waals surface area contributed by atoms with Gasteiger partial charge in [0.15, 0.2) is 0 Å². The summed E-state index contributed by atoms with van der Waals surface area (Å²) in [6.07, 6.45) is 2.84. The molecule has 0 radical (unpaired) electrons. The van der Waals surface area contributed by atoms with Crippen molar-refractivity contribution in [1.82, 2.24) is 29.4 Å². The molecule has 0 saturated heterocycles. The third-order valence-electron chi connectivity index (χ3n) is 5.23. The molecule has 2 N–H and O–H groups in total. The Balaban J connectivity index is 1.45. The number of imidazole rings is 1. The summed E-state index contributed by atoms with van der Waals surface area (Å²) in [6, 6.07) is 9.44. The zero-order valence-corrected chi connectivity index (χ0v) is 17.5. The number of aryl methyl sites for hydroxylation is 3. The van der Waals surface area contributed by atoms with Crippen molar-refractivity contribution in [2.24, 2.45) is 0 Å². The van der Waals surface area contributed by atoms with Crippen LogP contribution in [0.3, 0.4) is 0 Å². The number of nitrogens with one attached hydrogen (secondary N) is 2. The van der Waals surface area contributed by atoms with Crippen molar-refractivity contribution in [3.8, 4) is 0 Å². The molecule has 0 atom stereocenters. The highest BCUT2D eigenvalue weighted by atomic mass is 16.2. The molecule has 9 heteroatoms. The predicted molar refractivity (Wildman–Crippen MR) is 118 cm³/mol. The normalized spacial score (nSPS) is 11.3. The Morgan fingerprint density at radius 3 is 2.77 bits per heavy atom. The average molecular weight is 420 g/mol. The van der Waals surface area contributed by atoms with E-state index < -0.39 is 11.2 Å². The lowest BCUT2D eigenvalue weighted by atomic mass is 10.2. The number of H-pyrrole nitrogens is 1. The van der Waals surface area contributed by atoms with E-state index in [0.717, 1.165) is 36.2 Å². The van der Waals surface area contributed by atoms with Gasteiger partial charge in [-0.1, -0.05) is 19.1 Å². The van der Waals surface area contributed by atoms with Crippen molar-refractivity contribution in [2.45, 2.75) is 39.8 Å². The summed E-state index contributed by atoms with van der Waals surface area (Å²) >= 11 is 0. The Labute approximate surface area is 177 Å². The van der Waals surface area contributed by atoms with E-state index in [9.17, 15) is 14.4 Å². The highest BCUT2D eigenvalue weighted by Crippen LogP contribution is 2.15. The lowest BCUT2D eigenvalue weighted by Gasteiger charge is -2.10. The van der Waals surface area contributed by atoms with E-state index in [4.69, 9.17) is 0 Å². The summed E-state index contributed by atoms with van der Waals surface area (Å²) in [5, 5.41) is 3.09. The van der Waals surface area contributed by atoms with E-state index in [-0.39, 0.29) is 22.5 Å². The number of aromatic nitrogens is 5. The molecule has 1 amide bonds. The number of nitrogens with zero attached hydrogens (tertiary/aromatic N) is 4. The SMILES string of the molecule is CCCn1c(=O)[nH]c(=O)c2cc(C(=O)NCCCn3c(C)nc4ccccc43)cnc21. The van der Waals surface area contributed by atoms with Gasteiger partial charge in [0.05, 0.1) is 22.0 Å². The maximum absolute atomic E-state index is 12.6. The minimum Gasteiger partial charge on any atom is -0.352 e. The molecule has 0 aliphatic rings. The quantitative estimate of drug-likeness (QED) is 0.444. The number of amides is 1. The molecule has 0 bridgehead atoms. The molecule has 1 aromatic carbocycles. The Morgan fingerprint density at radius 1 is 1.16 bits per heavy atom. The third-order valence-corrected chi connectivity index (χ3v) is 5.23. The summed E-state index contributed by atoms with van der Waals surface area (Å²) < 4.78 is 3.54. The lowest BCUT2D eigenvalue weighted by molar-refractivity contribution is 0.0952. The first-order valence-electron chi connectivity index (χ1n) is 10.3. The molecule has 0 saturated carbocycles. The van der Waals surface area contributed by atoms with Crippen LogP contribution in [-0.4, -0.2) is 36.5 Å². The van der Waals surface area contributed by atoms with Gasteiger partial charge in [-0.15, -0.1) is 0 Å². The van der Waals surface area contributed by atoms with Crippen LogP contribution in [0.5, 0.6) is 0 Å². The molecule has 4 aromatic rings. The van der Waals surface area contributed by atoms with Crippen molar-refractivity contribution in [3.63, 3.8) is 0 Å². The van der Waals surface area contributed by atoms with Crippen LogP contribution in [0.2, 0.25) is 0 Å². The van der Waals surface area contributed by atoms with Crippen LogP contribution >= 0.6 is 0 Å². The smallest absolute Gasteiger partial charge is 0.329 e. The van der Waals surface area contributed by atoms with E-state index in [1.54, 1.807) is 0 Å². The molecule has 0 unspecified atom stereocenters. The first-order valence-corrected chi connectivity index (χ1v) is 10.3. The molecule has 31 heavy (non-hydrogen) atoms. The highest BCUT2D eigenvalue weighted by molar-refractivity contribution is 5.96. The maximum Gasteiger partial charge on any atom is 0.329 e. The number of carbonyl (C=O) groups is 1. The first-order chi connectivity index (χ1) is 15.0. The Morgan fingerprint density at radius 2 is 1.97 bits per heavy atom. The molecular formula is C22H24N6O3. The van der Waals surface area contributed by atoms with Crippen LogP contribution in [0.1, 0.15) is 35.9 Å². The molecule has 4 rings (SSSR count). The largest absolute Gasteiger partial charge is 0.352 e. The summed E-state index contributed by atoms with van der Waals surface area (Å²) in [5.41, 5.74) is 1.56. The number of hydrogen-bond acceptors (Lipinski definition) is 5. The van der Waals surface area contributed by atoms with Gasteiger partial charge in [-0.25, -0.2) is 14.8 Å². The van der Waals surface area contributed by atoms with Crippen molar-refractivity contribution < 1.29 is 4.79 Å². The topological polar surface area (TPSA) is 115 Å². The second-order valence-corrected chi connectivity index (χ2v) is 7.41. The van der Waals surface area contributed by atoms with Crippen LogP contribution in [-0.2, 0) is 13.1 Å². The second-order valence-electron chi connectivity index (χ2n) is 7.41. The van der Waals surface area contributed by atoms with Crippen molar-refractivity contribution >= 4 is 28.0 Å². The van der Waals surface area contributed by atoms with Crippen molar-refractivity contribution in [2.75, 3.05) is 6.54 Å². The molecule has 3 heterocycles. The monoisotopic (exact) mass is 420 g/mol. The minimum atomic E-state index is -0.544. The standard InChI is InChI=1S/C22H24N6O3/c1-3-10-28-19-16(21(30)26-22(28)31)12-15(13-24-19)20(29)23-9-6-11-27-14(2)25-17-7-4-5-8-18(17)27/h4-5,7-8,12-13H,3,6,9-11H2,1-2H3,(H,23,29)(H,26,30,31). The fraction of sp³-hybridized carbons (Fsp3) is 0.318. The van der Waals surface area contributed by atoms with Gasteiger partial charge in [0.2, 0.25) is 0 Å². The van der Waals surface area contributed by atoms with Crippen molar-refractivity contribution in [1.29, 1.82) is 0 Å². The molecule has 3 aromatic heterocycles. The number of para-hydroxylation sites is 2. The molecule has 9 nitrogen and oxygen atoms in total. The van der Waals surface area contributed by atoms with Crippen LogP contribution in [0.25, 0.3) is 22.1 Å². The molecule has 0 spiro atoms. The number of pyridine rings is 1. The third kappa shape index (κ3) is 3.98. The highest BCUT2D eigenvalue weighted by Gasteiger charge is 2.13. The maximum atomic E-state index is 12.6. The van der Waals surface area contributed by atoms with Crippen LogP contribution < -0.4 is 16.6 Å². The van der Waals surface area contributed by atoms with E-state index in [2.05, 4.69) is 24.8 Å². The summed E-state index contributed by atoms with van der Waals surface area (Å²) in [4.78, 5) is 47.9. The fourth-order valence-electron chi connectivity index (χ4n) is 3.74. The number of hydrogen-bond donors (Lipinski definition) is 2.